The number of nitriles is 1. The Balaban J connectivity index is 2.60. The summed E-state index contributed by atoms with van der Waals surface area (Å²) in [7, 11) is 0. The molecule has 2 rings (SSSR count). The van der Waals surface area contributed by atoms with Gasteiger partial charge in [-0.3, -0.25) is 0 Å². The molecule has 0 unspecified atom stereocenters. The van der Waals surface area contributed by atoms with Crippen LogP contribution in [-0.4, -0.2) is 19.6 Å². The summed E-state index contributed by atoms with van der Waals surface area (Å²) in [5, 5.41) is 18.3. The van der Waals surface area contributed by atoms with Crippen molar-refractivity contribution in [3.8, 4) is 21.8 Å². The zero-order valence-electron chi connectivity index (χ0n) is 8.19. The van der Waals surface area contributed by atoms with E-state index in [0.29, 0.717) is 0 Å². The van der Waals surface area contributed by atoms with Gasteiger partial charge >= 0.3 is 93.9 Å². The van der Waals surface area contributed by atoms with Gasteiger partial charge in [0.25, 0.3) is 0 Å². The molecular weight excluding hydrogens is 253 g/mol. The molecule has 1 N–H and O–H groups in total. The Labute approximate surface area is 94.2 Å². The van der Waals surface area contributed by atoms with E-state index >= 15 is 0 Å². The van der Waals surface area contributed by atoms with Gasteiger partial charge in [-0.15, -0.1) is 0 Å². The molecule has 0 amide bonds. The van der Waals surface area contributed by atoms with Crippen molar-refractivity contribution in [2.75, 3.05) is 0 Å². The summed E-state index contributed by atoms with van der Waals surface area (Å²) in [4.78, 5) is 2.05. The van der Waals surface area contributed by atoms with Crippen LogP contribution in [0.2, 0.25) is 0 Å². The predicted molar refractivity (Wildman–Crippen MR) is 59.9 cm³/mol. The summed E-state index contributed by atoms with van der Waals surface area (Å²) >= 11 is 0.243. The first kappa shape index (κ1) is 10.0. The van der Waals surface area contributed by atoms with E-state index in [4.69, 9.17) is 5.26 Å². The van der Waals surface area contributed by atoms with Crippen molar-refractivity contribution in [3.05, 3.63) is 40.3 Å². The minimum atomic E-state index is 0.243. The molecule has 0 radical (unpaired) electrons. The van der Waals surface area contributed by atoms with Gasteiger partial charge in [-0.25, -0.2) is 0 Å². The first-order chi connectivity index (χ1) is 7.22. The number of aromatic hydroxyl groups is 1. The fourth-order valence-corrected chi connectivity index (χ4v) is 3.47. The molecule has 0 saturated carbocycles. The molecule has 3 heteroatoms. The second-order valence-electron chi connectivity index (χ2n) is 3.27. The summed E-state index contributed by atoms with van der Waals surface area (Å²) in [6, 6.07) is 9.35. The van der Waals surface area contributed by atoms with E-state index in [1.165, 1.54) is 0 Å². The minimum absolute atomic E-state index is 0.243. The standard InChI is InChI=1S/C12H9NOSe/c1-8-6-10(14)2-3-11(8)12-9(7-13)4-5-15-12/h2-6,14H,1H3. The molecule has 1 heterocycles. The van der Waals surface area contributed by atoms with Gasteiger partial charge in [-0.2, -0.15) is 0 Å². The molecule has 0 saturated heterocycles. The maximum absolute atomic E-state index is 9.31. The number of rotatable bonds is 1. The van der Waals surface area contributed by atoms with Gasteiger partial charge in [-0.05, 0) is 0 Å². The van der Waals surface area contributed by atoms with E-state index in [2.05, 4.69) is 6.07 Å². The summed E-state index contributed by atoms with van der Waals surface area (Å²) < 4.78 is 1.11. The SMILES string of the molecule is Cc1cc(O)ccc1-c1[se]ccc1C#N. The molecule has 2 nitrogen and oxygen atoms in total. The van der Waals surface area contributed by atoms with Crippen LogP contribution in [0.4, 0.5) is 0 Å². The van der Waals surface area contributed by atoms with Crippen molar-refractivity contribution < 1.29 is 5.11 Å². The Morgan fingerprint density at radius 2 is 2.13 bits per heavy atom. The Hall–Kier alpha value is -1.49. The van der Waals surface area contributed by atoms with E-state index in [9.17, 15) is 5.11 Å². The number of hydrogen-bond acceptors (Lipinski definition) is 2. The summed E-state index contributed by atoms with van der Waals surface area (Å²) in [6.07, 6.45) is 0. The molecule has 0 aliphatic heterocycles. The van der Waals surface area contributed by atoms with Crippen LogP contribution in [0.3, 0.4) is 0 Å². The van der Waals surface area contributed by atoms with Crippen LogP contribution in [0.5, 0.6) is 5.75 Å². The van der Waals surface area contributed by atoms with Crippen molar-refractivity contribution >= 4 is 14.5 Å². The molecule has 1 aromatic carbocycles. The van der Waals surface area contributed by atoms with Gasteiger partial charge in [0.1, 0.15) is 0 Å². The first-order valence-electron chi connectivity index (χ1n) is 4.50. The number of nitrogens with zero attached hydrogens (tertiary/aromatic N) is 1. The predicted octanol–water partition coefficient (Wildman–Crippen LogP) is 2.30. The second-order valence-corrected chi connectivity index (χ2v) is 5.20. The molecular formula is C12H9NOSe. The third-order valence-corrected chi connectivity index (χ3v) is 4.23. The fourth-order valence-electron chi connectivity index (χ4n) is 1.51. The Morgan fingerprint density at radius 1 is 1.33 bits per heavy atom. The van der Waals surface area contributed by atoms with E-state index in [1.807, 2.05) is 24.0 Å². The van der Waals surface area contributed by atoms with Gasteiger partial charge in [0.05, 0.1) is 0 Å². The van der Waals surface area contributed by atoms with Gasteiger partial charge in [-0.1, -0.05) is 0 Å². The number of phenols is 1. The summed E-state index contributed by atoms with van der Waals surface area (Å²) in [5.74, 6) is 0.272. The van der Waals surface area contributed by atoms with E-state index in [-0.39, 0.29) is 20.3 Å². The zero-order chi connectivity index (χ0) is 10.8. The van der Waals surface area contributed by atoms with Crippen LogP contribution in [0, 0.1) is 18.3 Å². The Kier molecular flexibility index (Phi) is 2.64. The Morgan fingerprint density at radius 3 is 2.80 bits per heavy atom. The molecule has 15 heavy (non-hydrogen) atoms. The van der Waals surface area contributed by atoms with Gasteiger partial charge in [0, 0.05) is 0 Å². The topological polar surface area (TPSA) is 44.0 Å². The molecule has 1 aromatic heterocycles. The van der Waals surface area contributed by atoms with Crippen molar-refractivity contribution in [1.82, 2.24) is 0 Å². The molecule has 0 aliphatic carbocycles. The zero-order valence-corrected chi connectivity index (χ0v) is 9.90. The molecule has 0 bridgehead atoms. The second kappa shape index (κ2) is 3.94. The van der Waals surface area contributed by atoms with Crippen LogP contribution in [-0.2, 0) is 0 Å². The van der Waals surface area contributed by atoms with Gasteiger partial charge in [0.2, 0.25) is 0 Å². The summed E-state index contributed by atoms with van der Waals surface area (Å²) in [5.41, 5.74) is 2.85. The van der Waals surface area contributed by atoms with Crippen molar-refractivity contribution in [3.63, 3.8) is 0 Å². The van der Waals surface area contributed by atoms with E-state index in [0.717, 1.165) is 21.1 Å². The third-order valence-electron chi connectivity index (χ3n) is 2.24. The summed E-state index contributed by atoms with van der Waals surface area (Å²) in [6.45, 7) is 1.95. The number of benzene rings is 1. The monoisotopic (exact) mass is 263 g/mol. The fraction of sp³-hybridized carbons (Fsp3) is 0.0833. The van der Waals surface area contributed by atoms with E-state index in [1.54, 1.807) is 12.1 Å². The maximum atomic E-state index is 9.31. The van der Waals surface area contributed by atoms with Crippen LogP contribution < -0.4 is 0 Å². The Bertz CT molecular complexity index is 537. The molecule has 74 valence electrons. The molecule has 0 atom stereocenters. The van der Waals surface area contributed by atoms with Crippen LogP contribution in [0.15, 0.2) is 29.2 Å². The average molecular weight is 262 g/mol. The van der Waals surface area contributed by atoms with E-state index < -0.39 is 0 Å². The molecule has 0 spiro atoms. The quantitative estimate of drug-likeness (QED) is 0.801. The molecule has 0 fully saturated rings. The third kappa shape index (κ3) is 1.83. The average Bonchev–Trinajstić information content (AvgIpc) is 2.65. The van der Waals surface area contributed by atoms with Crippen LogP contribution in [0.1, 0.15) is 11.1 Å². The molecule has 0 aliphatic rings. The molecule has 2 aromatic rings. The van der Waals surface area contributed by atoms with Crippen molar-refractivity contribution in [2.24, 2.45) is 0 Å². The van der Waals surface area contributed by atoms with Crippen molar-refractivity contribution in [1.29, 1.82) is 5.26 Å². The van der Waals surface area contributed by atoms with Gasteiger partial charge < -0.3 is 0 Å². The number of hydrogen-bond donors (Lipinski definition) is 1. The van der Waals surface area contributed by atoms with Crippen LogP contribution >= 0.6 is 0 Å². The van der Waals surface area contributed by atoms with Gasteiger partial charge in [0.15, 0.2) is 0 Å². The van der Waals surface area contributed by atoms with Crippen LogP contribution in [0.25, 0.3) is 10.0 Å². The number of aryl methyl sites for hydroxylation is 1. The number of phenolic OH excluding ortho intramolecular Hbond substituents is 1. The normalized spacial score (nSPS) is 9.87. The van der Waals surface area contributed by atoms with Crippen molar-refractivity contribution in [2.45, 2.75) is 6.92 Å². The first-order valence-corrected chi connectivity index (χ1v) is 6.34.